The summed E-state index contributed by atoms with van der Waals surface area (Å²) in [6.45, 7) is 0.893. The highest BCUT2D eigenvalue weighted by Crippen LogP contribution is 2.33. The Kier molecular flexibility index (Phi) is 5.99. The van der Waals surface area contributed by atoms with Gasteiger partial charge in [0.1, 0.15) is 0 Å². The van der Waals surface area contributed by atoms with Crippen LogP contribution in [0.15, 0.2) is 18.2 Å². The highest BCUT2D eigenvalue weighted by atomic mass is 35.5. The van der Waals surface area contributed by atoms with E-state index in [1.54, 1.807) is 18.2 Å². The van der Waals surface area contributed by atoms with Crippen LogP contribution in [0.4, 0.5) is 5.69 Å². The van der Waals surface area contributed by atoms with E-state index in [2.05, 4.69) is 4.90 Å². The minimum absolute atomic E-state index is 0. The van der Waals surface area contributed by atoms with Gasteiger partial charge in [0.05, 0.1) is 10.6 Å². The van der Waals surface area contributed by atoms with Gasteiger partial charge in [-0.3, -0.25) is 4.79 Å². The molecule has 0 heterocycles. The highest BCUT2D eigenvalue weighted by Gasteiger charge is 2.35. The van der Waals surface area contributed by atoms with Crippen molar-refractivity contribution in [3.63, 3.8) is 0 Å². The van der Waals surface area contributed by atoms with E-state index >= 15 is 0 Å². The fourth-order valence-electron chi connectivity index (χ4n) is 3.29. The normalized spacial score (nSPS) is 18.6. The smallest absolute Gasteiger partial charge is 0.255 e. The predicted octanol–water partition coefficient (Wildman–Crippen LogP) is 4.53. The average molecular weight is 343 g/mol. The molecule has 5 heteroatoms. The van der Waals surface area contributed by atoms with Crippen LogP contribution in [0.25, 0.3) is 0 Å². The van der Waals surface area contributed by atoms with E-state index in [4.69, 9.17) is 17.3 Å². The van der Waals surface area contributed by atoms with Crippen LogP contribution < -0.4 is 5.73 Å². The molecule has 3 rings (SSSR count). The van der Waals surface area contributed by atoms with Crippen LogP contribution in [0.2, 0.25) is 5.02 Å². The SMILES string of the molecule is Cl.Nc1ccc(C(=O)N(CC2CCCCC2)C2CC2)c(Cl)c1. The maximum Gasteiger partial charge on any atom is 0.255 e. The van der Waals surface area contributed by atoms with Gasteiger partial charge in [-0.1, -0.05) is 30.9 Å². The largest absolute Gasteiger partial charge is 0.399 e. The van der Waals surface area contributed by atoms with Crippen molar-refractivity contribution in [1.29, 1.82) is 0 Å². The van der Waals surface area contributed by atoms with Crippen LogP contribution in [-0.4, -0.2) is 23.4 Å². The van der Waals surface area contributed by atoms with Gasteiger partial charge in [-0.15, -0.1) is 12.4 Å². The Morgan fingerprint density at radius 2 is 1.86 bits per heavy atom. The number of carbonyl (C=O) groups is 1. The molecular formula is C17H24Cl2N2O. The predicted molar refractivity (Wildman–Crippen MR) is 93.7 cm³/mol. The summed E-state index contributed by atoms with van der Waals surface area (Å²) in [4.78, 5) is 14.9. The lowest BCUT2D eigenvalue weighted by molar-refractivity contribution is 0.0699. The van der Waals surface area contributed by atoms with Gasteiger partial charge in [0.2, 0.25) is 0 Å². The van der Waals surface area contributed by atoms with Crippen molar-refractivity contribution in [3.8, 4) is 0 Å². The molecule has 2 aliphatic rings. The Bertz CT molecular complexity index is 525. The summed E-state index contributed by atoms with van der Waals surface area (Å²) in [7, 11) is 0. The van der Waals surface area contributed by atoms with Crippen molar-refractivity contribution in [1.82, 2.24) is 4.90 Å². The molecule has 1 aromatic rings. The summed E-state index contributed by atoms with van der Waals surface area (Å²) in [5.41, 5.74) is 6.91. The van der Waals surface area contributed by atoms with E-state index in [-0.39, 0.29) is 18.3 Å². The third-order valence-electron chi connectivity index (χ3n) is 4.65. The van der Waals surface area contributed by atoms with Gasteiger partial charge in [-0.05, 0) is 49.8 Å². The van der Waals surface area contributed by atoms with Crippen LogP contribution in [0.5, 0.6) is 0 Å². The van der Waals surface area contributed by atoms with Crippen LogP contribution in [0, 0.1) is 5.92 Å². The number of halogens is 2. The van der Waals surface area contributed by atoms with Crippen LogP contribution >= 0.6 is 24.0 Å². The number of benzene rings is 1. The van der Waals surface area contributed by atoms with Crippen molar-refractivity contribution in [2.45, 2.75) is 51.0 Å². The molecule has 1 aromatic carbocycles. The first kappa shape index (κ1) is 17.4. The van der Waals surface area contributed by atoms with E-state index < -0.39 is 0 Å². The van der Waals surface area contributed by atoms with Crippen LogP contribution in [0.3, 0.4) is 0 Å². The molecule has 2 N–H and O–H groups in total. The fourth-order valence-corrected chi connectivity index (χ4v) is 3.56. The van der Waals surface area contributed by atoms with Crippen molar-refractivity contribution >= 4 is 35.6 Å². The van der Waals surface area contributed by atoms with Crippen LogP contribution in [0.1, 0.15) is 55.3 Å². The molecule has 1 amide bonds. The summed E-state index contributed by atoms with van der Waals surface area (Å²) < 4.78 is 0. The Labute approximate surface area is 143 Å². The standard InChI is InChI=1S/C17H23ClN2O.ClH/c18-16-10-13(19)6-9-15(16)17(21)20(14-7-8-14)11-12-4-2-1-3-5-12;/h6,9-10,12,14H,1-5,7-8,11,19H2;1H. The molecule has 3 nitrogen and oxygen atoms in total. The summed E-state index contributed by atoms with van der Waals surface area (Å²) in [6, 6.07) is 5.61. The number of anilines is 1. The Morgan fingerprint density at radius 1 is 1.18 bits per heavy atom. The first-order valence-electron chi connectivity index (χ1n) is 8.01. The molecule has 2 aliphatic carbocycles. The lowest BCUT2D eigenvalue weighted by Gasteiger charge is -2.30. The lowest BCUT2D eigenvalue weighted by Crippen LogP contribution is -2.38. The number of hydrogen-bond acceptors (Lipinski definition) is 2. The quantitative estimate of drug-likeness (QED) is 0.817. The maximum atomic E-state index is 12.8. The molecule has 2 fully saturated rings. The summed E-state index contributed by atoms with van der Waals surface area (Å²) in [5.74, 6) is 0.740. The van der Waals surface area contributed by atoms with E-state index in [9.17, 15) is 4.79 Å². The molecule has 0 spiro atoms. The van der Waals surface area contributed by atoms with Crippen molar-refractivity contribution in [2.75, 3.05) is 12.3 Å². The van der Waals surface area contributed by atoms with E-state index in [0.29, 0.717) is 28.2 Å². The number of rotatable bonds is 4. The minimum atomic E-state index is 0. The zero-order chi connectivity index (χ0) is 14.8. The molecule has 122 valence electrons. The fraction of sp³-hybridized carbons (Fsp3) is 0.588. The molecule has 0 bridgehead atoms. The molecule has 0 aromatic heterocycles. The van der Waals surface area contributed by atoms with Gasteiger partial charge in [0.15, 0.2) is 0 Å². The number of hydrogen-bond donors (Lipinski definition) is 1. The first-order chi connectivity index (χ1) is 10.1. The maximum absolute atomic E-state index is 12.8. The molecule has 0 aliphatic heterocycles. The Morgan fingerprint density at radius 3 is 2.45 bits per heavy atom. The lowest BCUT2D eigenvalue weighted by atomic mass is 9.88. The van der Waals surface area contributed by atoms with E-state index in [0.717, 1.165) is 19.4 Å². The second-order valence-electron chi connectivity index (χ2n) is 6.43. The monoisotopic (exact) mass is 342 g/mol. The van der Waals surface area contributed by atoms with E-state index in [1.165, 1.54) is 32.1 Å². The third kappa shape index (κ3) is 4.08. The van der Waals surface area contributed by atoms with Crippen molar-refractivity contribution < 1.29 is 4.79 Å². The molecule has 0 unspecified atom stereocenters. The molecule has 0 atom stereocenters. The zero-order valence-electron chi connectivity index (χ0n) is 12.8. The zero-order valence-corrected chi connectivity index (χ0v) is 14.3. The van der Waals surface area contributed by atoms with E-state index in [1.807, 2.05) is 0 Å². The summed E-state index contributed by atoms with van der Waals surface area (Å²) in [6.07, 6.45) is 8.73. The number of carbonyl (C=O) groups excluding carboxylic acids is 1. The number of nitrogens with two attached hydrogens (primary N) is 1. The summed E-state index contributed by atoms with van der Waals surface area (Å²) >= 11 is 6.21. The molecule has 0 saturated heterocycles. The summed E-state index contributed by atoms with van der Waals surface area (Å²) in [5, 5.41) is 0.467. The van der Waals surface area contributed by atoms with Gasteiger partial charge < -0.3 is 10.6 Å². The first-order valence-corrected chi connectivity index (χ1v) is 8.39. The molecule has 2 saturated carbocycles. The van der Waals surface area contributed by atoms with Crippen molar-refractivity contribution in [3.05, 3.63) is 28.8 Å². The topological polar surface area (TPSA) is 46.3 Å². The Hall–Kier alpha value is -0.930. The number of nitrogens with zero attached hydrogens (tertiary/aromatic N) is 1. The second kappa shape index (κ2) is 7.56. The second-order valence-corrected chi connectivity index (χ2v) is 6.84. The van der Waals surface area contributed by atoms with Gasteiger partial charge >= 0.3 is 0 Å². The van der Waals surface area contributed by atoms with Gasteiger partial charge in [-0.25, -0.2) is 0 Å². The third-order valence-corrected chi connectivity index (χ3v) is 4.96. The van der Waals surface area contributed by atoms with Gasteiger partial charge in [-0.2, -0.15) is 0 Å². The Balaban J connectivity index is 0.00000176. The molecule has 22 heavy (non-hydrogen) atoms. The average Bonchev–Trinajstić information content (AvgIpc) is 3.30. The highest BCUT2D eigenvalue weighted by molar-refractivity contribution is 6.34. The number of nitrogen functional groups attached to an aromatic ring is 1. The minimum Gasteiger partial charge on any atom is -0.399 e. The van der Waals surface area contributed by atoms with Crippen LogP contribution in [-0.2, 0) is 0 Å². The number of amides is 1. The van der Waals surface area contributed by atoms with Gasteiger partial charge in [0, 0.05) is 18.3 Å². The molecule has 0 radical (unpaired) electrons. The van der Waals surface area contributed by atoms with Gasteiger partial charge in [0.25, 0.3) is 5.91 Å². The van der Waals surface area contributed by atoms with Crippen molar-refractivity contribution in [2.24, 2.45) is 5.92 Å². The molecular weight excluding hydrogens is 319 g/mol.